The summed E-state index contributed by atoms with van der Waals surface area (Å²) >= 11 is 3.38. The van der Waals surface area contributed by atoms with E-state index in [2.05, 4.69) is 27.3 Å². The van der Waals surface area contributed by atoms with Gasteiger partial charge in [0.1, 0.15) is 11.8 Å². The SMILES string of the molecule is CC(C)Oc1ccc(Nc2cccc(Br)c2C#N)cc1. The molecule has 2 aromatic carbocycles. The van der Waals surface area contributed by atoms with Crippen molar-refractivity contribution in [2.45, 2.75) is 20.0 Å². The van der Waals surface area contributed by atoms with Crippen LogP contribution in [0.5, 0.6) is 5.75 Å². The Morgan fingerprint density at radius 1 is 1.15 bits per heavy atom. The molecule has 102 valence electrons. The summed E-state index contributed by atoms with van der Waals surface area (Å²) in [6.45, 7) is 3.99. The van der Waals surface area contributed by atoms with Crippen LogP contribution in [-0.2, 0) is 0 Å². The van der Waals surface area contributed by atoms with Gasteiger partial charge < -0.3 is 10.1 Å². The molecule has 0 saturated heterocycles. The van der Waals surface area contributed by atoms with Crippen molar-refractivity contribution in [3.05, 3.63) is 52.5 Å². The molecule has 3 nitrogen and oxygen atoms in total. The van der Waals surface area contributed by atoms with Gasteiger partial charge in [0.25, 0.3) is 0 Å². The van der Waals surface area contributed by atoms with Gasteiger partial charge in [0.15, 0.2) is 0 Å². The van der Waals surface area contributed by atoms with E-state index in [1.165, 1.54) is 0 Å². The Kier molecular flexibility index (Phi) is 4.65. The van der Waals surface area contributed by atoms with Crippen molar-refractivity contribution in [3.8, 4) is 11.8 Å². The number of nitrogens with zero attached hydrogens (tertiary/aromatic N) is 1. The molecule has 0 radical (unpaired) electrons. The van der Waals surface area contributed by atoms with Crippen LogP contribution in [0, 0.1) is 11.3 Å². The normalized spacial score (nSPS) is 10.2. The molecule has 0 saturated carbocycles. The lowest BCUT2D eigenvalue weighted by Gasteiger charge is -2.12. The topological polar surface area (TPSA) is 45.0 Å². The molecule has 0 aliphatic rings. The molecule has 20 heavy (non-hydrogen) atoms. The zero-order valence-corrected chi connectivity index (χ0v) is 12.9. The highest BCUT2D eigenvalue weighted by Gasteiger charge is 2.06. The van der Waals surface area contributed by atoms with Crippen molar-refractivity contribution in [3.63, 3.8) is 0 Å². The van der Waals surface area contributed by atoms with E-state index in [1.807, 2.05) is 56.3 Å². The lowest BCUT2D eigenvalue weighted by molar-refractivity contribution is 0.242. The summed E-state index contributed by atoms with van der Waals surface area (Å²) in [6.07, 6.45) is 0.157. The maximum Gasteiger partial charge on any atom is 0.119 e. The van der Waals surface area contributed by atoms with Crippen LogP contribution in [0.25, 0.3) is 0 Å². The van der Waals surface area contributed by atoms with Gasteiger partial charge in [-0.05, 0) is 66.2 Å². The van der Waals surface area contributed by atoms with Crippen LogP contribution in [0.4, 0.5) is 11.4 Å². The molecule has 2 aromatic rings. The Balaban J connectivity index is 2.19. The zero-order chi connectivity index (χ0) is 14.5. The van der Waals surface area contributed by atoms with Gasteiger partial charge in [0.05, 0.1) is 17.4 Å². The molecule has 2 rings (SSSR count). The summed E-state index contributed by atoms with van der Waals surface area (Å²) in [5.74, 6) is 0.834. The van der Waals surface area contributed by atoms with E-state index in [-0.39, 0.29) is 6.10 Å². The highest BCUT2D eigenvalue weighted by atomic mass is 79.9. The second kappa shape index (κ2) is 6.44. The minimum absolute atomic E-state index is 0.157. The third-order valence-corrected chi connectivity index (χ3v) is 3.29. The van der Waals surface area contributed by atoms with Crippen LogP contribution in [0.15, 0.2) is 46.9 Å². The number of halogens is 1. The van der Waals surface area contributed by atoms with Crippen molar-refractivity contribution in [1.29, 1.82) is 5.26 Å². The van der Waals surface area contributed by atoms with Gasteiger partial charge >= 0.3 is 0 Å². The summed E-state index contributed by atoms with van der Waals surface area (Å²) in [6, 6.07) is 15.5. The molecule has 0 spiro atoms. The Morgan fingerprint density at radius 3 is 2.45 bits per heavy atom. The van der Waals surface area contributed by atoms with Crippen LogP contribution in [0.1, 0.15) is 19.4 Å². The molecule has 0 amide bonds. The number of rotatable bonds is 4. The van der Waals surface area contributed by atoms with Crippen molar-refractivity contribution < 1.29 is 4.74 Å². The van der Waals surface area contributed by atoms with Gasteiger partial charge in [0, 0.05) is 10.2 Å². The number of anilines is 2. The first-order valence-electron chi connectivity index (χ1n) is 6.32. The Hall–Kier alpha value is -1.99. The van der Waals surface area contributed by atoms with Crippen LogP contribution < -0.4 is 10.1 Å². The van der Waals surface area contributed by atoms with E-state index in [0.29, 0.717) is 5.56 Å². The second-order valence-corrected chi connectivity index (χ2v) is 5.44. The maximum atomic E-state index is 9.18. The summed E-state index contributed by atoms with van der Waals surface area (Å²) < 4.78 is 6.38. The molecular weight excluding hydrogens is 316 g/mol. The standard InChI is InChI=1S/C16H15BrN2O/c1-11(2)20-13-8-6-12(7-9-13)19-16-5-3-4-15(17)14(16)10-18/h3-9,11,19H,1-2H3. The van der Waals surface area contributed by atoms with E-state index in [0.717, 1.165) is 21.6 Å². The minimum atomic E-state index is 0.157. The van der Waals surface area contributed by atoms with Crippen molar-refractivity contribution in [2.75, 3.05) is 5.32 Å². The first-order valence-corrected chi connectivity index (χ1v) is 7.12. The highest BCUT2D eigenvalue weighted by molar-refractivity contribution is 9.10. The monoisotopic (exact) mass is 330 g/mol. The fraction of sp³-hybridized carbons (Fsp3) is 0.188. The second-order valence-electron chi connectivity index (χ2n) is 4.59. The summed E-state index contributed by atoms with van der Waals surface area (Å²) in [4.78, 5) is 0. The van der Waals surface area contributed by atoms with E-state index in [9.17, 15) is 5.26 Å². The highest BCUT2D eigenvalue weighted by Crippen LogP contribution is 2.27. The number of hydrogen-bond acceptors (Lipinski definition) is 3. The van der Waals surface area contributed by atoms with Gasteiger partial charge in [-0.1, -0.05) is 6.07 Å². The summed E-state index contributed by atoms with van der Waals surface area (Å²) in [7, 11) is 0. The number of ether oxygens (including phenoxy) is 1. The Morgan fingerprint density at radius 2 is 1.85 bits per heavy atom. The van der Waals surface area contributed by atoms with Crippen LogP contribution >= 0.6 is 15.9 Å². The lowest BCUT2D eigenvalue weighted by Crippen LogP contribution is -2.05. The molecule has 0 aliphatic heterocycles. The molecule has 1 N–H and O–H groups in total. The zero-order valence-electron chi connectivity index (χ0n) is 11.4. The van der Waals surface area contributed by atoms with E-state index in [4.69, 9.17) is 4.74 Å². The molecule has 0 atom stereocenters. The lowest BCUT2D eigenvalue weighted by atomic mass is 10.2. The molecule has 0 bridgehead atoms. The predicted molar refractivity (Wildman–Crippen MR) is 84.3 cm³/mol. The minimum Gasteiger partial charge on any atom is -0.491 e. The third-order valence-electron chi connectivity index (χ3n) is 2.63. The van der Waals surface area contributed by atoms with Crippen molar-refractivity contribution >= 4 is 27.3 Å². The largest absolute Gasteiger partial charge is 0.491 e. The van der Waals surface area contributed by atoms with Gasteiger partial charge in [0.2, 0.25) is 0 Å². The third kappa shape index (κ3) is 3.52. The molecule has 0 unspecified atom stereocenters. The van der Waals surface area contributed by atoms with Crippen LogP contribution in [-0.4, -0.2) is 6.10 Å². The van der Waals surface area contributed by atoms with Crippen LogP contribution in [0.2, 0.25) is 0 Å². The van der Waals surface area contributed by atoms with Crippen molar-refractivity contribution in [1.82, 2.24) is 0 Å². The first kappa shape index (κ1) is 14.4. The molecule has 0 fully saturated rings. The maximum absolute atomic E-state index is 9.18. The number of nitriles is 1. The quantitative estimate of drug-likeness (QED) is 0.871. The molecule has 4 heteroatoms. The molecular formula is C16H15BrN2O. The van der Waals surface area contributed by atoms with Gasteiger partial charge in [-0.25, -0.2) is 0 Å². The van der Waals surface area contributed by atoms with Crippen molar-refractivity contribution in [2.24, 2.45) is 0 Å². The predicted octanol–water partition coefficient (Wildman–Crippen LogP) is 4.85. The van der Waals surface area contributed by atoms with Gasteiger partial charge in [-0.3, -0.25) is 0 Å². The van der Waals surface area contributed by atoms with E-state index in [1.54, 1.807) is 0 Å². The Bertz CT molecular complexity index is 630. The molecule has 0 heterocycles. The Labute approximate surface area is 127 Å². The number of benzene rings is 2. The van der Waals surface area contributed by atoms with E-state index >= 15 is 0 Å². The smallest absolute Gasteiger partial charge is 0.119 e. The molecule has 0 aromatic heterocycles. The van der Waals surface area contributed by atoms with Gasteiger partial charge in [-0.2, -0.15) is 5.26 Å². The molecule has 0 aliphatic carbocycles. The number of nitrogens with one attached hydrogen (secondary N) is 1. The number of hydrogen-bond donors (Lipinski definition) is 1. The van der Waals surface area contributed by atoms with E-state index < -0.39 is 0 Å². The van der Waals surface area contributed by atoms with Gasteiger partial charge in [-0.15, -0.1) is 0 Å². The van der Waals surface area contributed by atoms with Crippen LogP contribution in [0.3, 0.4) is 0 Å². The fourth-order valence-electron chi connectivity index (χ4n) is 1.79. The average Bonchev–Trinajstić information content (AvgIpc) is 2.41. The summed E-state index contributed by atoms with van der Waals surface area (Å²) in [5.41, 5.74) is 2.28. The average molecular weight is 331 g/mol. The summed E-state index contributed by atoms with van der Waals surface area (Å²) in [5, 5.41) is 12.4. The first-order chi connectivity index (χ1) is 9.60. The fourth-order valence-corrected chi connectivity index (χ4v) is 2.24.